The maximum absolute atomic E-state index is 12.6. The highest BCUT2D eigenvalue weighted by molar-refractivity contribution is 7.99. The van der Waals surface area contributed by atoms with Gasteiger partial charge in [-0.3, -0.25) is 18.0 Å². The Balaban J connectivity index is 1.28. The zero-order valence-corrected chi connectivity index (χ0v) is 19.6. The number of benzene rings is 2. The third kappa shape index (κ3) is 6.14. The van der Waals surface area contributed by atoms with E-state index in [0.717, 1.165) is 0 Å². The summed E-state index contributed by atoms with van der Waals surface area (Å²) in [7, 11) is 0. The van der Waals surface area contributed by atoms with E-state index < -0.39 is 23.6 Å². The van der Waals surface area contributed by atoms with Gasteiger partial charge in [0.25, 0.3) is 11.8 Å². The van der Waals surface area contributed by atoms with Crippen molar-refractivity contribution in [1.29, 1.82) is 0 Å². The average molecular weight is 493 g/mol. The van der Waals surface area contributed by atoms with E-state index in [1.807, 2.05) is 36.4 Å². The summed E-state index contributed by atoms with van der Waals surface area (Å²) in [5.74, 6) is 2.21. The Morgan fingerprint density at radius 1 is 0.719 bits per heavy atom. The Kier molecular flexibility index (Phi) is 8.26. The van der Waals surface area contributed by atoms with Gasteiger partial charge in [0, 0.05) is 34.1 Å². The summed E-state index contributed by atoms with van der Waals surface area (Å²) in [6.07, 6.45) is -0.833. The molecule has 0 radical (unpaired) electrons. The molecule has 2 saturated heterocycles. The first-order valence-electron chi connectivity index (χ1n) is 10.2. The van der Waals surface area contributed by atoms with Gasteiger partial charge in [-0.2, -0.15) is 27.7 Å². The molecule has 0 saturated carbocycles. The Labute approximate surface area is 198 Å². The summed E-state index contributed by atoms with van der Waals surface area (Å²) in [5.41, 5.74) is 1.14. The van der Waals surface area contributed by atoms with Crippen LogP contribution in [0.2, 0.25) is 0 Å². The molecule has 2 heterocycles. The number of amides is 2. The molecular weight excluding hydrogens is 468 g/mol. The van der Waals surface area contributed by atoms with Crippen LogP contribution in [0.3, 0.4) is 0 Å². The molecule has 1 unspecified atom stereocenters. The van der Waals surface area contributed by atoms with E-state index in [1.165, 1.54) is 0 Å². The molecule has 2 aromatic rings. The molecule has 5 atom stereocenters. The van der Waals surface area contributed by atoms with Gasteiger partial charge in [-0.1, -0.05) is 36.4 Å². The lowest BCUT2D eigenvalue weighted by molar-refractivity contribution is 0.0873. The van der Waals surface area contributed by atoms with Crippen molar-refractivity contribution in [1.82, 2.24) is 10.6 Å². The summed E-state index contributed by atoms with van der Waals surface area (Å²) in [6, 6.07) is 17.4. The van der Waals surface area contributed by atoms with Gasteiger partial charge >= 0.3 is 11.4 Å². The van der Waals surface area contributed by atoms with Gasteiger partial charge < -0.3 is 10.6 Å². The van der Waals surface area contributed by atoms with Crippen LogP contribution < -0.4 is 10.6 Å². The molecule has 0 aliphatic carbocycles. The van der Waals surface area contributed by atoms with Crippen LogP contribution in [0.15, 0.2) is 60.7 Å². The van der Waals surface area contributed by atoms with Gasteiger partial charge in [0.05, 0.1) is 12.1 Å². The predicted molar refractivity (Wildman–Crippen MR) is 128 cm³/mol. The second-order valence-electron chi connectivity index (χ2n) is 7.44. The minimum atomic E-state index is -1.99. The normalized spacial score (nSPS) is 25.9. The molecule has 10 heteroatoms. The molecular formula is C22H24N2O5S3. The summed E-state index contributed by atoms with van der Waals surface area (Å²) in [4.78, 5) is 24.9. The molecule has 170 valence electrons. The van der Waals surface area contributed by atoms with E-state index in [2.05, 4.69) is 10.6 Å². The molecule has 2 aliphatic heterocycles. The smallest absolute Gasteiger partial charge is 0.305 e. The van der Waals surface area contributed by atoms with Crippen LogP contribution in [-0.2, 0) is 19.7 Å². The van der Waals surface area contributed by atoms with E-state index in [4.69, 9.17) is 8.37 Å². The Morgan fingerprint density at radius 3 is 1.53 bits per heavy atom. The van der Waals surface area contributed by atoms with Crippen molar-refractivity contribution >= 4 is 46.7 Å². The molecule has 4 rings (SSSR count). The lowest BCUT2D eigenvalue weighted by atomic mass is 10.1. The number of carbonyl (C=O) groups is 2. The standard InChI is InChI=1S/C22H24N2O5S3/c25-21(15-7-3-1-4-8-15)23-17-11-30-13-19(17)28-32(27)29-20-14-31-12-18(20)24-22(26)16-9-5-2-6-10-16/h1-10,17-20H,11-14H2,(H,23,25)(H,24,26)/t17-,18+,19+,20-,32?. The van der Waals surface area contributed by atoms with E-state index in [0.29, 0.717) is 34.1 Å². The Bertz CT molecular complexity index is 872. The summed E-state index contributed by atoms with van der Waals surface area (Å²) in [6.45, 7) is 0. The second kappa shape index (κ2) is 11.3. The van der Waals surface area contributed by atoms with Crippen molar-refractivity contribution in [3.8, 4) is 0 Å². The molecule has 2 fully saturated rings. The highest BCUT2D eigenvalue weighted by atomic mass is 32.2. The lowest BCUT2D eigenvalue weighted by Crippen LogP contribution is -2.46. The third-order valence-corrected chi connectivity index (χ3v) is 8.29. The molecule has 2 aliphatic rings. The molecule has 0 spiro atoms. The maximum Gasteiger partial charge on any atom is 0.305 e. The Morgan fingerprint density at radius 2 is 1.12 bits per heavy atom. The lowest BCUT2D eigenvalue weighted by Gasteiger charge is -2.22. The molecule has 32 heavy (non-hydrogen) atoms. The maximum atomic E-state index is 12.6. The van der Waals surface area contributed by atoms with Crippen LogP contribution in [0.4, 0.5) is 0 Å². The molecule has 0 aromatic heterocycles. The summed E-state index contributed by atoms with van der Waals surface area (Å²) >= 11 is 1.27. The van der Waals surface area contributed by atoms with Crippen LogP contribution >= 0.6 is 23.5 Å². The monoisotopic (exact) mass is 492 g/mol. The number of rotatable bonds is 8. The van der Waals surface area contributed by atoms with Crippen LogP contribution in [0.5, 0.6) is 0 Å². The second-order valence-corrected chi connectivity index (χ2v) is 10.4. The number of thioether (sulfide) groups is 2. The average Bonchev–Trinajstić information content (AvgIpc) is 3.44. The van der Waals surface area contributed by atoms with Gasteiger partial charge in [0.15, 0.2) is 0 Å². The first-order chi connectivity index (χ1) is 15.6. The highest BCUT2D eigenvalue weighted by Crippen LogP contribution is 2.26. The van der Waals surface area contributed by atoms with Crippen molar-refractivity contribution in [2.75, 3.05) is 23.0 Å². The minimum Gasteiger partial charge on any atom is -0.346 e. The van der Waals surface area contributed by atoms with E-state index in [9.17, 15) is 13.8 Å². The van der Waals surface area contributed by atoms with Gasteiger partial charge in [-0.05, 0) is 24.3 Å². The number of hydrogen-bond donors (Lipinski definition) is 2. The van der Waals surface area contributed by atoms with E-state index in [-0.39, 0.29) is 23.9 Å². The van der Waals surface area contributed by atoms with Crippen molar-refractivity contribution < 1.29 is 22.2 Å². The number of nitrogens with one attached hydrogen (secondary N) is 2. The largest absolute Gasteiger partial charge is 0.346 e. The SMILES string of the molecule is O=C(N[C@H]1CSC[C@H]1OS(=O)O[C@H]1CSC[C@H]1NC(=O)c1ccccc1)c1ccccc1. The minimum absolute atomic E-state index is 0.186. The van der Waals surface area contributed by atoms with Crippen molar-refractivity contribution in [3.63, 3.8) is 0 Å². The zero-order chi connectivity index (χ0) is 22.3. The first kappa shape index (κ1) is 23.3. The van der Waals surface area contributed by atoms with Gasteiger partial charge in [-0.25, -0.2) is 0 Å². The molecule has 2 aromatic carbocycles. The van der Waals surface area contributed by atoms with Crippen molar-refractivity contribution in [3.05, 3.63) is 71.8 Å². The summed E-state index contributed by atoms with van der Waals surface area (Å²) in [5, 5.41) is 5.92. The van der Waals surface area contributed by atoms with Crippen LogP contribution in [0.1, 0.15) is 20.7 Å². The van der Waals surface area contributed by atoms with Crippen LogP contribution in [-0.4, -0.2) is 63.3 Å². The highest BCUT2D eigenvalue weighted by Gasteiger charge is 2.36. The first-order valence-corrected chi connectivity index (χ1v) is 13.5. The summed E-state index contributed by atoms with van der Waals surface area (Å²) < 4.78 is 23.9. The molecule has 2 N–H and O–H groups in total. The van der Waals surface area contributed by atoms with Gasteiger partial charge in [0.2, 0.25) is 0 Å². The third-order valence-electron chi connectivity index (χ3n) is 5.17. The number of carbonyl (C=O) groups excluding carboxylic acids is 2. The van der Waals surface area contributed by atoms with E-state index in [1.54, 1.807) is 47.8 Å². The predicted octanol–water partition coefficient (Wildman–Crippen LogP) is 2.43. The topological polar surface area (TPSA) is 93.7 Å². The van der Waals surface area contributed by atoms with E-state index >= 15 is 0 Å². The van der Waals surface area contributed by atoms with Crippen LogP contribution in [0.25, 0.3) is 0 Å². The molecule has 7 nitrogen and oxygen atoms in total. The van der Waals surface area contributed by atoms with Crippen molar-refractivity contribution in [2.24, 2.45) is 0 Å². The Hall–Kier alpha value is -1.85. The van der Waals surface area contributed by atoms with Crippen LogP contribution in [0, 0.1) is 0 Å². The fourth-order valence-corrected chi connectivity index (χ4v) is 6.90. The zero-order valence-electron chi connectivity index (χ0n) is 17.2. The fraction of sp³-hybridized carbons (Fsp3) is 0.364. The van der Waals surface area contributed by atoms with Crippen molar-refractivity contribution in [2.45, 2.75) is 24.3 Å². The molecule has 2 amide bonds. The molecule has 0 bridgehead atoms. The van der Waals surface area contributed by atoms with Gasteiger partial charge in [0.1, 0.15) is 12.2 Å². The quantitative estimate of drug-likeness (QED) is 0.585. The number of hydrogen-bond acceptors (Lipinski definition) is 7. The fourth-order valence-electron chi connectivity index (χ4n) is 3.44. The van der Waals surface area contributed by atoms with Gasteiger partial charge in [-0.15, -0.1) is 0 Å².